The number of rotatable bonds is 6. The topological polar surface area (TPSA) is 154 Å². The minimum Gasteiger partial charge on any atom is -0.386 e. The van der Waals surface area contributed by atoms with Crippen LogP contribution in [0.25, 0.3) is 10.9 Å². The number of piperidine rings is 1. The maximum absolute atomic E-state index is 12.6. The first-order valence-electron chi connectivity index (χ1n) is 12.7. The van der Waals surface area contributed by atoms with Gasteiger partial charge in [-0.3, -0.25) is 9.69 Å². The lowest BCUT2D eigenvalue weighted by atomic mass is 9.95. The molecule has 0 radical (unpaired) electrons. The largest absolute Gasteiger partial charge is 0.386 e. The quantitative estimate of drug-likeness (QED) is 0.176. The fourth-order valence-corrected chi connectivity index (χ4v) is 5.07. The Morgan fingerprint density at radius 2 is 1.78 bits per heavy atom. The second kappa shape index (κ2) is 10.9. The van der Waals surface area contributed by atoms with Crippen LogP contribution in [0, 0.1) is 5.92 Å². The zero-order valence-electron chi connectivity index (χ0n) is 20.5. The number of nitrogens with zero attached hydrogens (tertiary/aromatic N) is 6. The maximum atomic E-state index is 12.6. The van der Waals surface area contributed by atoms with E-state index in [1.54, 1.807) is 6.20 Å². The molecule has 2 saturated heterocycles. The number of nitrogens with two attached hydrogens (primary N) is 2. The molecule has 2 aliphatic heterocycles. The van der Waals surface area contributed by atoms with Gasteiger partial charge < -0.3 is 21.8 Å². The molecule has 4 heterocycles. The highest BCUT2D eigenvalue weighted by Gasteiger charge is 2.22. The first kappa shape index (κ1) is 24.0. The summed E-state index contributed by atoms with van der Waals surface area (Å²) in [7, 11) is 0. The van der Waals surface area contributed by atoms with Crippen LogP contribution in [-0.4, -0.2) is 57.1 Å². The van der Waals surface area contributed by atoms with Crippen molar-refractivity contribution in [2.75, 3.05) is 36.4 Å². The Hall–Kier alpha value is -3.73. The van der Waals surface area contributed by atoms with Crippen molar-refractivity contribution in [3.63, 3.8) is 0 Å². The zero-order chi connectivity index (χ0) is 24.9. The van der Waals surface area contributed by atoms with Gasteiger partial charge in [-0.05, 0) is 56.5 Å². The SMILES string of the molecule is N/N=C(\N)C1CCN(Cc2ccc(Nc3nc(N4CCCCCC4)nc4cn[nH]c(=O)c34)cc2)CC1. The molecule has 11 nitrogen and oxygen atoms in total. The van der Waals surface area contributed by atoms with Crippen LogP contribution in [0.4, 0.5) is 17.5 Å². The van der Waals surface area contributed by atoms with Crippen LogP contribution in [0.15, 0.2) is 40.4 Å². The van der Waals surface area contributed by atoms with Crippen LogP contribution in [0.2, 0.25) is 0 Å². The first-order valence-corrected chi connectivity index (χ1v) is 12.7. The van der Waals surface area contributed by atoms with Crippen molar-refractivity contribution in [1.82, 2.24) is 25.1 Å². The lowest BCUT2D eigenvalue weighted by Crippen LogP contribution is -2.38. The van der Waals surface area contributed by atoms with Crippen LogP contribution < -0.4 is 27.4 Å². The van der Waals surface area contributed by atoms with Crippen molar-refractivity contribution >= 4 is 34.2 Å². The van der Waals surface area contributed by atoms with Gasteiger partial charge >= 0.3 is 0 Å². The molecule has 0 bridgehead atoms. The lowest BCUT2D eigenvalue weighted by Gasteiger charge is -2.31. The Balaban J connectivity index is 1.32. The van der Waals surface area contributed by atoms with Gasteiger partial charge in [-0.25, -0.2) is 10.1 Å². The molecule has 0 saturated carbocycles. The second-order valence-electron chi connectivity index (χ2n) is 9.66. The number of likely N-dealkylation sites (tertiary alicyclic amines) is 1. The number of anilines is 3. The van der Waals surface area contributed by atoms with E-state index in [0.29, 0.717) is 28.5 Å². The van der Waals surface area contributed by atoms with Gasteiger partial charge in [0.05, 0.1) is 6.20 Å². The van der Waals surface area contributed by atoms with Crippen molar-refractivity contribution in [1.29, 1.82) is 0 Å². The number of fused-ring (bicyclic) bond motifs is 1. The number of hydrazone groups is 1. The van der Waals surface area contributed by atoms with E-state index >= 15 is 0 Å². The molecule has 0 atom stereocenters. The molecule has 1 aromatic carbocycles. The molecule has 0 spiro atoms. The Bertz CT molecular complexity index is 1260. The molecular weight excluding hydrogens is 456 g/mol. The van der Waals surface area contributed by atoms with Gasteiger partial charge in [0.1, 0.15) is 22.6 Å². The van der Waals surface area contributed by atoms with Crippen molar-refractivity contribution in [3.8, 4) is 0 Å². The minimum atomic E-state index is -0.308. The molecule has 2 aliphatic rings. The number of amidine groups is 1. The molecule has 0 amide bonds. The summed E-state index contributed by atoms with van der Waals surface area (Å²) in [5.74, 6) is 7.30. The Kier molecular flexibility index (Phi) is 7.26. The predicted molar refractivity (Wildman–Crippen MR) is 142 cm³/mol. The van der Waals surface area contributed by atoms with Gasteiger partial charge in [0.15, 0.2) is 0 Å². The van der Waals surface area contributed by atoms with E-state index in [2.05, 4.69) is 47.5 Å². The van der Waals surface area contributed by atoms with Crippen LogP contribution in [0.3, 0.4) is 0 Å². The molecule has 36 heavy (non-hydrogen) atoms. The standard InChI is InChI=1S/C25H34N10O/c26-22(32-27)18-9-13-34(14-10-18)16-17-5-7-19(8-6-17)29-23-21-20(15-28-33-24(21)36)30-25(31-23)35-11-3-1-2-4-12-35/h5-8,15,18H,1-4,9-14,16,27H2,(H2,26,32)(H,33,36)(H,29,30,31). The molecule has 0 unspecified atom stereocenters. The maximum Gasteiger partial charge on any atom is 0.277 e. The number of H-pyrrole nitrogens is 1. The molecule has 0 aliphatic carbocycles. The second-order valence-corrected chi connectivity index (χ2v) is 9.66. The lowest BCUT2D eigenvalue weighted by molar-refractivity contribution is 0.201. The van der Waals surface area contributed by atoms with E-state index in [0.717, 1.165) is 64.1 Å². The average molecular weight is 491 g/mol. The van der Waals surface area contributed by atoms with E-state index in [1.165, 1.54) is 18.4 Å². The van der Waals surface area contributed by atoms with Crippen molar-refractivity contribution in [3.05, 3.63) is 46.4 Å². The van der Waals surface area contributed by atoms with Crippen LogP contribution in [0.5, 0.6) is 0 Å². The Morgan fingerprint density at radius 1 is 1.06 bits per heavy atom. The number of nitrogens with one attached hydrogen (secondary N) is 2. The third-order valence-electron chi connectivity index (χ3n) is 7.17. The Morgan fingerprint density at radius 3 is 2.47 bits per heavy atom. The van der Waals surface area contributed by atoms with E-state index in [4.69, 9.17) is 16.6 Å². The van der Waals surface area contributed by atoms with Gasteiger partial charge in [-0.1, -0.05) is 25.0 Å². The van der Waals surface area contributed by atoms with E-state index in [1.807, 2.05) is 12.1 Å². The molecular formula is C25H34N10O. The Labute approximate surface area is 210 Å². The highest BCUT2D eigenvalue weighted by Crippen LogP contribution is 2.26. The summed E-state index contributed by atoms with van der Waals surface area (Å²) in [6.45, 7) is 4.62. The smallest absolute Gasteiger partial charge is 0.277 e. The number of hydrogen-bond donors (Lipinski definition) is 4. The summed E-state index contributed by atoms with van der Waals surface area (Å²) in [5, 5.41) is 13.9. The monoisotopic (exact) mass is 490 g/mol. The number of aromatic nitrogens is 4. The summed E-state index contributed by atoms with van der Waals surface area (Å²) >= 11 is 0. The van der Waals surface area contributed by atoms with E-state index in [-0.39, 0.29) is 11.5 Å². The fourth-order valence-electron chi connectivity index (χ4n) is 5.07. The summed E-state index contributed by atoms with van der Waals surface area (Å²) in [4.78, 5) is 26.7. The van der Waals surface area contributed by atoms with Gasteiger partial charge in [-0.15, -0.1) is 0 Å². The van der Waals surface area contributed by atoms with Gasteiger partial charge in [-0.2, -0.15) is 15.2 Å². The van der Waals surface area contributed by atoms with Gasteiger partial charge in [0.2, 0.25) is 5.95 Å². The molecule has 11 heteroatoms. The molecule has 5 rings (SSSR count). The molecule has 2 aromatic heterocycles. The van der Waals surface area contributed by atoms with Crippen LogP contribution in [0.1, 0.15) is 44.1 Å². The summed E-state index contributed by atoms with van der Waals surface area (Å²) < 4.78 is 0. The summed E-state index contributed by atoms with van der Waals surface area (Å²) in [6, 6.07) is 8.26. The molecule has 6 N–H and O–H groups in total. The number of aromatic amines is 1. The minimum absolute atomic E-state index is 0.276. The van der Waals surface area contributed by atoms with Gasteiger partial charge in [0, 0.05) is 31.2 Å². The predicted octanol–water partition coefficient (Wildman–Crippen LogP) is 2.28. The van der Waals surface area contributed by atoms with E-state index in [9.17, 15) is 4.79 Å². The fraction of sp³-hybridized carbons (Fsp3) is 0.480. The first-order chi connectivity index (χ1) is 17.6. The van der Waals surface area contributed by atoms with Gasteiger partial charge in [0.25, 0.3) is 5.56 Å². The number of hydrogen-bond acceptors (Lipinski definition) is 9. The van der Waals surface area contributed by atoms with Crippen molar-refractivity contribution < 1.29 is 0 Å². The van der Waals surface area contributed by atoms with Crippen LogP contribution in [-0.2, 0) is 6.54 Å². The third kappa shape index (κ3) is 5.40. The van der Waals surface area contributed by atoms with Crippen molar-refractivity contribution in [2.24, 2.45) is 22.6 Å². The number of benzene rings is 1. The summed E-state index contributed by atoms with van der Waals surface area (Å²) in [6.07, 6.45) is 8.19. The zero-order valence-corrected chi connectivity index (χ0v) is 20.5. The third-order valence-corrected chi connectivity index (χ3v) is 7.17. The molecule has 190 valence electrons. The molecule has 3 aromatic rings. The normalized spacial score (nSPS) is 18.3. The average Bonchev–Trinajstić information content (AvgIpc) is 3.19. The highest BCUT2D eigenvalue weighted by molar-refractivity contribution is 5.90. The van der Waals surface area contributed by atoms with Crippen molar-refractivity contribution in [2.45, 2.75) is 45.1 Å². The molecule has 2 fully saturated rings. The van der Waals surface area contributed by atoms with Crippen LogP contribution >= 0.6 is 0 Å². The summed E-state index contributed by atoms with van der Waals surface area (Å²) in [5.41, 5.74) is 8.21. The van der Waals surface area contributed by atoms with E-state index < -0.39 is 0 Å². The highest BCUT2D eigenvalue weighted by atomic mass is 16.1.